The number of ether oxygens (including phenoxy) is 1. The van der Waals surface area contributed by atoms with Crippen LogP contribution >= 0.6 is 0 Å². The molecule has 0 aromatic rings. The van der Waals surface area contributed by atoms with E-state index >= 15 is 0 Å². The third-order valence-electron chi connectivity index (χ3n) is 4.09. The number of rotatable bonds is 4. The second-order valence-corrected chi connectivity index (χ2v) is 5.55. The van der Waals surface area contributed by atoms with Crippen LogP contribution in [0.25, 0.3) is 0 Å². The Kier molecular flexibility index (Phi) is 5.45. The van der Waals surface area contributed by atoms with Crippen LogP contribution in [0.2, 0.25) is 0 Å². The number of carbonyl (C=O) groups excluding carboxylic acids is 1. The zero-order valence-corrected chi connectivity index (χ0v) is 11.1. The Balaban J connectivity index is 1.76. The van der Waals surface area contributed by atoms with Gasteiger partial charge in [-0.15, -0.1) is 0 Å². The highest BCUT2D eigenvalue weighted by Crippen LogP contribution is 2.22. The van der Waals surface area contributed by atoms with Gasteiger partial charge in [0.25, 0.3) is 0 Å². The molecule has 2 unspecified atom stereocenters. The van der Waals surface area contributed by atoms with Gasteiger partial charge in [0, 0.05) is 26.3 Å². The number of piperidine rings is 1. The lowest BCUT2D eigenvalue weighted by molar-refractivity contribution is -0.137. The van der Waals surface area contributed by atoms with Crippen molar-refractivity contribution in [3.8, 4) is 0 Å². The first kappa shape index (κ1) is 13.8. The molecule has 104 valence electrons. The van der Waals surface area contributed by atoms with Crippen molar-refractivity contribution in [1.82, 2.24) is 4.90 Å². The van der Waals surface area contributed by atoms with E-state index in [4.69, 9.17) is 9.84 Å². The summed E-state index contributed by atoms with van der Waals surface area (Å²) in [5.74, 6) is 0.726. The fourth-order valence-electron chi connectivity index (χ4n) is 3.00. The summed E-state index contributed by atoms with van der Waals surface area (Å²) in [5, 5.41) is 8.98. The molecule has 2 aliphatic heterocycles. The average molecular weight is 255 g/mol. The largest absolute Gasteiger partial charge is 0.396 e. The van der Waals surface area contributed by atoms with E-state index in [0.29, 0.717) is 12.3 Å². The van der Waals surface area contributed by atoms with E-state index in [9.17, 15) is 4.79 Å². The normalized spacial score (nSPS) is 29.3. The van der Waals surface area contributed by atoms with Crippen LogP contribution in [-0.4, -0.2) is 48.3 Å². The highest BCUT2D eigenvalue weighted by Gasteiger charge is 2.26. The first-order valence-corrected chi connectivity index (χ1v) is 7.30. The van der Waals surface area contributed by atoms with Crippen LogP contribution < -0.4 is 0 Å². The topological polar surface area (TPSA) is 49.8 Å². The smallest absolute Gasteiger partial charge is 0.225 e. The molecule has 4 nitrogen and oxygen atoms in total. The fraction of sp³-hybridized carbons (Fsp3) is 0.929. The van der Waals surface area contributed by atoms with Gasteiger partial charge in [0.1, 0.15) is 0 Å². The van der Waals surface area contributed by atoms with Crippen LogP contribution in [0.3, 0.4) is 0 Å². The molecular formula is C14H25NO3. The molecule has 0 aromatic heterocycles. The maximum Gasteiger partial charge on any atom is 0.225 e. The monoisotopic (exact) mass is 255 g/mol. The van der Waals surface area contributed by atoms with Crippen molar-refractivity contribution in [2.45, 2.75) is 51.0 Å². The highest BCUT2D eigenvalue weighted by molar-refractivity contribution is 5.76. The molecule has 0 aromatic carbocycles. The van der Waals surface area contributed by atoms with Gasteiger partial charge in [0.2, 0.25) is 5.91 Å². The van der Waals surface area contributed by atoms with Gasteiger partial charge < -0.3 is 14.7 Å². The van der Waals surface area contributed by atoms with Crippen molar-refractivity contribution in [1.29, 1.82) is 0 Å². The molecule has 0 aliphatic carbocycles. The lowest BCUT2D eigenvalue weighted by Gasteiger charge is -2.34. The summed E-state index contributed by atoms with van der Waals surface area (Å²) in [4.78, 5) is 14.2. The quantitative estimate of drug-likeness (QED) is 0.829. The van der Waals surface area contributed by atoms with Crippen LogP contribution in [-0.2, 0) is 9.53 Å². The lowest BCUT2D eigenvalue weighted by Crippen LogP contribution is -2.41. The van der Waals surface area contributed by atoms with Gasteiger partial charge in [0.15, 0.2) is 0 Å². The predicted molar refractivity (Wildman–Crippen MR) is 69.2 cm³/mol. The van der Waals surface area contributed by atoms with Crippen molar-refractivity contribution < 1.29 is 14.6 Å². The third kappa shape index (κ3) is 3.95. The van der Waals surface area contributed by atoms with Crippen molar-refractivity contribution in [3.05, 3.63) is 0 Å². The second kappa shape index (κ2) is 7.10. The predicted octanol–water partition coefficient (Wildman–Crippen LogP) is 1.57. The summed E-state index contributed by atoms with van der Waals surface area (Å²) < 4.78 is 5.63. The Morgan fingerprint density at radius 1 is 1.28 bits per heavy atom. The van der Waals surface area contributed by atoms with E-state index in [1.54, 1.807) is 0 Å². The van der Waals surface area contributed by atoms with Crippen molar-refractivity contribution in [3.63, 3.8) is 0 Å². The maximum absolute atomic E-state index is 12.2. The van der Waals surface area contributed by atoms with Crippen molar-refractivity contribution in [2.75, 3.05) is 26.3 Å². The standard InChI is InChI=1S/C14H25NO3/c16-8-6-12-4-3-7-15(11-12)14(17)10-13-5-1-2-9-18-13/h12-13,16H,1-11H2. The van der Waals surface area contributed by atoms with E-state index in [1.165, 1.54) is 6.42 Å². The van der Waals surface area contributed by atoms with Gasteiger partial charge in [-0.25, -0.2) is 0 Å². The second-order valence-electron chi connectivity index (χ2n) is 5.55. The summed E-state index contributed by atoms with van der Waals surface area (Å²) in [6.45, 7) is 2.75. The minimum atomic E-state index is 0.143. The van der Waals surface area contributed by atoms with E-state index in [1.807, 2.05) is 4.90 Å². The number of hydrogen-bond acceptors (Lipinski definition) is 3. The third-order valence-corrected chi connectivity index (χ3v) is 4.09. The van der Waals surface area contributed by atoms with Gasteiger partial charge >= 0.3 is 0 Å². The first-order chi connectivity index (χ1) is 8.79. The van der Waals surface area contributed by atoms with Gasteiger partial charge in [-0.3, -0.25) is 4.79 Å². The molecule has 4 heteroatoms. The van der Waals surface area contributed by atoms with Gasteiger partial charge in [-0.1, -0.05) is 0 Å². The molecule has 18 heavy (non-hydrogen) atoms. The molecule has 1 amide bonds. The van der Waals surface area contributed by atoms with Crippen LogP contribution in [0.4, 0.5) is 0 Å². The first-order valence-electron chi connectivity index (χ1n) is 7.30. The highest BCUT2D eigenvalue weighted by atomic mass is 16.5. The molecule has 2 saturated heterocycles. The molecule has 1 N–H and O–H groups in total. The van der Waals surface area contributed by atoms with Crippen LogP contribution in [0.5, 0.6) is 0 Å². The Labute approximate surface area is 109 Å². The Hall–Kier alpha value is -0.610. The van der Waals surface area contributed by atoms with E-state index in [0.717, 1.165) is 51.8 Å². The number of aliphatic hydroxyl groups excluding tert-OH is 1. The van der Waals surface area contributed by atoms with Crippen LogP contribution in [0, 0.1) is 5.92 Å². The Bertz CT molecular complexity index is 262. The SMILES string of the molecule is O=C(CC1CCCCO1)N1CCCC(CCO)C1. The van der Waals surface area contributed by atoms with E-state index < -0.39 is 0 Å². The molecule has 0 spiro atoms. The minimum Gasteiger partial charge on any atom is -0.396 e. The number of carbonyl (C=O) groups is 1. The number of likely N-dealkylation sites (tertiary alicyclic amines) is 1. The van der Waals surface area contributed by atoms with Gasteiger partial charge in [-0.2, -0.15) is 0 Å². The number of hydrogen-bond donors (Lipinski definition) is 1. The van der Waals surface area contributed by atoms with Gasteiger partial charge in [0.05, 0.1) is 12.5 Å². The summed E-state index contributed by atoms with van der Waals surface area (Å²) in [7, 11) is 0. The molecule has 2 fully saturated rings. The van der Waals surface area contributed by atoms with Crippen LogP contribution in [0.15, 0.2) is 0 Å². The molecule has 2 atom stereocenters. The molecular weight excluding hydrogens is 230 g/mol. The zero-order chi connectivity index (χ0) is 12.8. The zero-order valence-electron chi connectivity index (χ0n) is 11.1. The Morgan fingerprint density at radius 3 is 2.89 bits per heavy atom. The summed E-state index contributed by atoms with van der Waals surface area (Å²) in [5.41, 5.74) is 0. The molecule has 0 bridgehead atoms. The molecule has 2 aliphatic rings. The van der Waals surface area contributed by atoms with Crippen LogP contribution in [0.1, 0.15) is 44.9 Å². The van der Waals surface area contributed by atoms with Crippen molar-refractivity contribution in [2.24, 2.45) is 5.92 Å². The van der Waals surface area contributed by atoms with Crippen molar-refractivity contribution >= 4 is 5.91 Å². The number of nitrogens with zero attached hydrogens (tertiary/aromatic N) is 1. The van der Waals surface area contributed by atoms with E-state index in [-0.39, 0.29) is 18.6 Å². The molecule has 0 radical (unpaired) electrons. The van der Waals surface area contributed by atoms with E-state index in [2.05, 4.69) is 0 Å². The summed E-state index contributed by atoms with van der Waals surface area (Å²) >= 11 is 0. The average Bonchev–Trinajstić information content (AvgIpc) is 2.40. The summed E-state index contributed by atoms with van der Waals surface area (Å²) in [6.07, 6.45) is 7.07. The van der Waals surface area contributed by atoms with Gasteiger partial charge in [-0.05, 0) is 44.4 Å². The minimum absolute atomic E-state index is 0.143. The summed E-state index contributed by atoms with van der Waals surface area (Å²) in [6, 6.07) is 0. The molecule has 2 rings (SSSR count). The Morgan fingerprint density at radius 2 is 2.17 bits per heavy atom. The molecule has 0 saturated carbocycles. The maximum atomic E-state index is 12.2. The molecule has 2 heterocycles. The number of amides is 1. The fourth-order valence-corrected chi connectivity index (χ4v) is 3.00. The number of aliphatic hydroxyl groups is 1. The lowest BCUT2D eigenvalue weighted by atomic mass is 9.94.